The molecule has 0 saturated heterocycles. The van der Waals surface area contributed by atoms with Crippen LogP contribution in [-0.2, 0) is 36.8 Å². The second kappa shape index (κ2) is 14.3. The first-order valence-corrected chi connectivity index (χ1v) is 11.5. The molecule has 2 rings (SSSR count). The first kappa shape index (κ1) is 29.7. The van der Waals surface area contributed by atoms with E-state index in [0.29, 0.717) is 11.3 Å². The minimum atomic E-state index is -1.53. The summed E-state index contributed by atoms with van der Waals surface area (Å²) in [6, 6.07) is 0.0587. The molecule has 0 saturated carbocycles. The summed E-state index contributed by atoms with van der Waals surface area (Å²) in [7, 11) is 0. The molecular weight excluding hydrogens is 504 g/mol. The number of carboxylic acids is 2. The van der Waals surface area contributed by atoms with Gasteiger partial charge in [-0.1, -0.05) is 12.1 Å². The number of aliphatic hydroxyl groups is 1. The van der Waals surface area contributed by atoms with E-state index in [1.807, 2.05) is 0 Å². The maximum absolute atomic E-state index is 12.9. The number of nitrogens with zero attached hydrogens (tertiary/aromatic N) is 1. The molecular formula is C23H30N6O9. The number of imidazole rings is 1. The molecule has 4 unspecified atom stereocenters. The van der Waals surface area contributed by atoms with Crippen LogP contribution in [0.3, 0.4) is 0 Å². The molecule has 2 aromatic rings. The maximum Gasteiger partial charge on any atom is 0.326 e. The lowest BCUT2D eigenvalue weighted by Crippen LogP contribution is -2.58. The lowest BCUT2D eigenvalue weighted by Gasteiger charge is -2.24. The number of carbonyl (C=O) groups is 5. The zero-order valence-electron chi connectivity index (χ0n) is 20.2. The lowest BCUT2D eigenvalue weighted by molar-refractivity contribution is -0.143. The van der Waals surface area contributed by atoms with Gasteiger partial charge < -0.3 is 47.1 Å². The summed E-state index contributed by atoms with van der Waals surface area (Å²) in [4.78, 5) is 67.4. The first-order chi connectivity index (χ1) is 18.0. The molecule has 0 aliphatic rings. The van der Waals surface area contributed by atoms with Crippen molar-refractivity contribution in [1.82, 2.24) is 25.9 Å². The zero-order valence-corrected chi connectivity index (χ0v) is 20.2. The molecule has 1 aromatic heterocycles. The highest BCUT2D eigenvalue weighted by molar-refractivity contribution is 5.94. The predicted molar refractivity (Wildman–Crippen MR) is 129 cm³/mol. The van der Waals surface area contributed by atoms with Crippen molar-refractivity contribution < 1.29 is 44.4 Å². The largest absolute Gasteiger partial charge is 0.508 e. The van der Waals surface area contributed by atoms with Crippen molar-refractivity contribution in [3.63, 3.8) is 0 Å². The van der Waals surface area contributed by atoms with E-state index in [2.05, 4.69) is 25.9 Å². The molecule has 10 N–H and O–H groups in total. The van der Waals surface area contributed by atoms with Gasteiger partial charge in [-0.05, 0) is 24.1 Å². The fraction of sp³-hybridized carbons (Fsp3) is 0.391. The standard InChI is InChI=1S/C23H30N6O9/c24-15(8-13-9-25-11-26-13)20(34)29-18(10-30)22(36)27-16(5-6-19(32)33)21(35)28-17(23(37)38)7-12-1-3-14(31)4-2-12/h1-4,9,11,15-18,30-31H,5-8,10,24H2,(H,25,26)(H,27,36)(H,28,35)(H,29,34)(H,32,33)(H,37,38). The van der Waals surface area contributed by atoms with Crippen LogP contribution in [0.1, 0.15) is 24.1 Å². The lowest BCUT2D eigenvalue weighted by atomic mass is 10.0. The molecule has 0 aliphatic heterocycles. The molecule has 0 fully saturated rings. The van der Waals surface area contributed by atoms with Crippen molar-refractivity contribution in [2.75, 3.05) is 6.61 Å². The number of aromatic hydroxyl groups is 1. The van der Waals surface area contributed by atoms with Crippen molar-refractivity contribution in [1.29, 1.82) is 0 Å². The molecule has 15 nitrogen and oxygen atoms in total. The van der Waals surface area contributed by atoms with Gasteiger partial charge in [-0.3, -0.25) is 19.2 Å². The number of aromatic nitrogens is 2. The van der Waals surface area contributed by atoms with Crippen LogP contribution in [-0.4, -0.2) is 90.8 Å². The van der Waals surface area contributed by atoms with E-state index >= 15 is 0 Å². The third-order valence-electron chi connectivity index (χ3n) is 5.42. The highest BCUT2D eigenvalue weighted by Crippen LogP contribution is 2.12. The summed E-state index contributed by atoms with van der Waals surface area (Å²) in [5.74, 6) is -5.46. The number of nitrogens with one attached hydrogen (secondary N) is 4. The van der Waals surface area contributed by atoms with E-state index < -0.39 is 73.3 Å². The van der Waals surface area contributed by atoms with Crippen LogP contribution in [0.25, 0.3) is 0 Å². The van der Waals surface area contributed by atoms with Crippen LogP contribution in [0.15, 0.2) is 36.8 Å². The number of aliphatic hydroxyl groups excluding tert-OH is 1. The molecule has 38 heavy (non-hydrogen) atoms. The number of aliphatic carboxylic acids is 2. The van der Waals surface area contributed by atoms with Crippen molar-refractivity contribution in [3.05, 3.63) is 48.0 Å². The highest BCUT2D eigenvalue weighted by atomic mass is 16.4. The molecule has 206 valence electrons. The Bertz CT molecular complexity index is 1110. The van der Waals surface area contributed by atoms with Crippen LogP contribution in [0.2, 0.25) is 0 Å². The molecule has 0 bridgehead atoms. The Morgan fingerprint density at radius 3 is 2.05 bits per heavy atom. The summed E-state index contributed by atoms with van der Waals surface area (Å²) >= 11 is 0. The number of rotatable bonds is 15. The third-order valence-corrected chi connectivity index (χ3v) is 5.42. The number of amides is 3. The summed E-state index contributed by atoms with van der Waals surface area (Å²) in [6.07, 6.45) is 1.81. The zero-order chi connectivity index (χ0) is 28.2. The summed E-state index contributed by atoms with van der Waals surface area (Å²) in [5.41, 5.74) is 6.87. The van der Waals surface area contributed by atoms with Gasteiger partial charge in [0.1, 0.15) is 23.9 Å². The SMILES string of the molecule is NC(Cc1cnc[nH]1)C(=O)NC(CO)C(=O)NC(CCC(=O)O)C(=O)NC(Cc1ccc(O)cc1)C(=O)O. The summed E-state index contributed by atoms with van der Waals surface area (Å²) < 4.78 is 0. The number of H-pyrrole nitrogens is 1. The van der Waals surface area contributed by atoms with Gasteiger partial charge in [0.25, 0.3) is 0 Å². The van der Waals surface area contributed by atoms with Crippen molar-refractivity contribution in [2.45, 2.75) is 49.9 Å². The Morgan fingerprint density at radius 2 is 1.50 bits per heavy atom. The molecule has 1 heterocycles. The summed E-state index contributed by atoms with van der Waals surface area (Å²) in [5, 5.41) is 44.4. The van der Waals surface area contributed by atoms with Gasteiger partial charge in [0.05, 0.1) is 19.0 Å². The Hall–Kier alpha value is -4.50. The first-order valence-electron chi connectivity index (χ1n) is 11.5. The Balaban J connectivity index is 2.07. The normalized spacial score (nSPS) is 13.9. The van der Waals surface area contributed by atoms with Gasteiger partial charge in [-0.2, -0.15) is 0 Å². The predicted octanol–water partition coefficient (Wildman–Crippen LogP) is -2.38. The van der Waals surface area contributed by atoms with Crippen LogP contribution < -0.4 is 21.7 Å². The summed E-state index contributed by atoms with van der Waals surface area (Å²) in [6.45, 7) is -0.861. The van der Waals surface area contributed by atoms with Gasteiger partial charge in [0, 0.05) is 31.2 Å². The number of carboxylic acid groups (broad SMARTS) is 2. The van der Waals surface area contributed by atoms with Gasteiger partial charge in [-0.15, -0.1) is 0 Å². The second-order valence-electron chi connectivity index (χ2n) is 8.39. The number of hydrogen-bond donors (Lipinski definition) is 9. The van der Waals surface area contributed by atoms with Gasteiger partial charge in [0.15, 0.2) is 0 Å². The molecule has 0 aliphatic carbocycles. The fourth-order valence-corrected chi connectivity index (χ4v) is 3.35. The molecule has 4 atom stereocenters. The van der Waals surface area contributed by atoms with Crippen LogP contribution in [0.4, 0.5) is 0 Å². The third kappa shape index (κ3) is 9.51. The number of nitrogens with two attached hydrogens (primary N) is 1. The topological polar surface area (TPSA) is 257 Å². The fourth-order valence-electron chi connectivity index (χ4n) is 3.35. The van der Waals surface area contributed by atoms with E-state index in [-0.39, 0.29) is 18.6 Å². The van der Waals surface area contributed by atoms with Crippen molar-refractivity contribution in [3.8, 4) is 5.75 Å². The number of aromatic amines is 1. The van der Waals surface area contributed by atoms with Gasteiger partial charge in [0.2, 0.25) is 17.7 Å². The average molecular weight is 535 g/mol. The van der Waals surface area contributed by atoms with Crippen molar-refractivity contribution in [2.24, 2.45) is 5.73 Å². The molecule has 3 amide bonds. The quantitative estimate of drug-likeness (QED) is 0.117. The Morgan fingerprint density at radius 1 is 0.895 bits per heavy atom. The minimum absolute atomic E-state index is 0.0334. The molecule has 15 heteroatoms. The van der Waals surface area contributed by atoms with E-state index in [0.717, 1.165) is 0 Å². The number of hydrogen-bond acceptors (Lipinski definition) is 9. The maximum atomic E-state index is 12.9. The molecule has 0 spiro atoms. The van der Waals surface area contributed by atoms with Gasteiger partial charge in [-0.25, -0.2) is 9.78 Å². The number of benzene rings is 1. The molecule has 1 aromatic carbocycles. The smallest absolute Gasteiger partial charge is 0.326 e. The van der Waals surface area contributed by atoms with Crippen molar-refractivity contribution >= 4 is 29.7 Å². The monoisotopic (exact) mass is 534 g/mol. The highest BCUT2D eigenvalue weighted by Gasteiger charge is 2.30. The van der Waals surface area contributed by atoms with Gasteiger partial charge >= 0.3 is 11.9 Å². The Kier molecular flexibility index (Phi) is 11.2. The van der Waals surface area contributed by atoms with E-state index in [1.165, 1.54) is 36.8 Å². The Labute approximate surface area is 216 Å². The molecule has 0 radical (unpaired) electrons. The van der Waals surface area contributed by atoms with E-state index in [4.69, 9.17) is 10.8 Å². The van der Waals surface area contributed by atoms with E-state index in [1.54, 1.807) is 0 Å². The van der Waals surface area contributed by atoms with E-state index in [9.17, 15) is 39.3 Å². The van der Waals surface area contributed by atoms with Crippen LogP contribution >= 0.6 is 0 Å². The van der Waals surface area contributed by atoms with Crippen LogP contribution in [0, 0.1) is 0 Å². The number of phenolic OH excluding ortho intramolecular Hbond substituents is 1. The number of carbonyl (C=O) groups excluding carboxylic acids is 3. The van der Waals surface area contributed by atoms with Crippen LogP contribution in [0.5, 0.6) is 5.75 Å². The second-order valence-corrected chi connectivity index (χ2v) is 8.39. The number of phenols is 1. The average Bonchev–Trinajstić information content (AvgIpc) is 3.38. The minimum Gasteiger partial charge on any atom is -0.508 e.